The van der Waals surface area contributed by atoms with Gasteiger partial charge in [-0.2, -0.15) is 4.68 Å². The van der Waals surface area contributed by atoms with Crippen LogP contribution in [-0.2, 0) is 11.3 Å². The fraction of sp³-hybridized carbons (Fsp3) is 0.667. The average molecular weight is 303 g/mol. The quantitative estimate of drug-likeness (QED) is 0.623. The van der Waals surface area contributed by atoms with Crippen molar-refractivity contribution in [3.63, 3.8) is 0 Å². The lowest BCUT2D eigenvalue weighted by molar-refractivity contribution is -0.394. The lowest BCUT2D eigenvalue weighted by Gasteiger charge is -2.05. The van der Waals surface area contributed by atoms with Gasteiger partial charge in [0, 0.05) is 26.9 Å². The summed E-state index contributed by atoms with van der Waals surface area (Å²) < 4.78 is 1.45. The fourth-order valence-corrected chi connectivity index (χ4v) is 2.38. The van der Waals surface area contributed by atoms with Crippen molar-refractivity contribution in [3.8, 4) is 0 Å². The Hall–Kier alpha value is -1.31. The molecule has 8 heteroatoms. The predicted molar refractivity (Wildman–Crippen MR) is 61.3 cm³/mol. The molecule has 0 N–H and O–H groups in total. The Morgan fingerprint density at radius 1 is 1.53 bits per heavy atom. The van der Waals surface area contributed by atoms with E-state index in [4.69, 9.17) is 0 Å². The van der Waals surface area contributed by atoms with E-state index in [1.54, 1.807) is 0 Å². The first-order chi connectivity index (χ1) is 8.08. The summed E-state index contributed by atoms with van der Waals surface area (Å²) in [6.07, 6.45) is 3.98. The molecule has 0 aliphatic heterocycles. The summed E-state index contributed by atoms with van der Waals surface area (Å²) in [6, 6.07) is 0. The number of nitrogens with zero attached hydrogens (tertiary/aromatic N) is 4. The van der Waals surface area contributed by atoms with E-state index in [0.29, 0.717) is 0 Å². The largest absolute Gasteiger partial charge is 0.492 e. The van der Waals surface area contributed by atoms with Crippen molar-refractivity contribution < 1.29 is 9.72 Å². The minimum Gasteiger partial charge on any atom is -0.390 e. The van der Waals surface area contributed by atoms with E-state index < -0.39 is 10.9 Å². The van der Waals surface area contributed by atoms with E-state index in [2.05, 4.69) is 26.0 Å². The van der Waals surface area contributed by atoms with Crippen molar-refractivity contribution >= 4 is 27.7 Å². The number of halogens is 1. The Labute approximate surface area is 105 Å². The minimum absolute atomic E-state index is 0.0477. The molecule has 0 saturated heterocycles. The van der Waals surface area contributed by atoms with E-state index in [0.717, 1.165) is 25.7 Å². The monoisotopic (exact) mass is 302 g/mol. The third kappa shape index (κ3) is 2.68. The van der Waals surface area contributed by atoms with Gasteiger partial charge >= 0.3 is 5.95 Å². The van der Waals surface area contributed by atoms with Crippen LogP contribution in [0.1, 0.15) is 25.7 Å². The number of hydrogen-bond donors (Lipinski definition) is 0. The number of carbonyl (C=O) groups is 1. The van der Waals surface area contributed by atoms with Crippen LogP contribution >= 0.6 is 15.9 Å². The maximum atomic E-state index is 11.9. The Bertz CT molecular complexity index is 453. The molecule has 17 heavy (non-hydrogen) atoms. The Morgan fingerprint density at radius 2 is 2.18 bits per heavy atom. The zero-order valence-electron chi connectivity index (χ0n) is 9.00. The number of aromatic nitrogens is 3. The van der Waals surface area contributed by atoms with E-state index in [-0.39, 0.29) is 23.0 Å². The fourth-order valence-electron chi connectivity index (χ4n) is 2.01. The van der Waals surface area contributed by atoms with Gasteiger partial charge in [0.15, 0.2) is 5.78 Å². The van der Waals surface area contributed by atoms with Gasteiger partial charge < -0.3 is 10.1 Å². The first kappa shape index (κ1) is 12.2. The van der Waals surface area contributed by atoms with Crippen LogP contribution in [0.25, 0.3) is 0 Å². The van der Waals surface area contributed by atoms with Crippen molar-refractivity contribution in [3.05, 3.63) is 14.8 Å². The molecular formula is C9H11BrN4O3. The van der Waals surface area contributed by atoms with Gasteiger partial charge in [-0.1, -0.05) is 12.8 Å². The Balaban J connectivity index is 2.07. The molecule has 1 aliphatic carbocycles. The Morgan fingerprint density at radius 3 is 2.71 bits per heavy atom. The molecule has 7 nitrogen and oxygen atoms in total. The Kier molecular flexibility index (Phi) is 3.51. The van der Waals surface area contributed by atoms with Gasteiger partial charge in [-0.05, 0) is 22.7 Å². The van der Waals surface area contributed by atoms with Crippen LogP contribution in [-0.4, -0.2) is 25.5 Å². The van der Waals surface area contributed by atoms with E-state index in [9.17, 15) is 14.9 Å². The molecule has 0 aromatic carbocycles. The molecule has 1 aromatic rings. The first-order valence-corrected chi connectivity index (χ1v) is 6.14. The third-order valence-electron chi connectivity index (χ3n) is 2.89. The van der Waals surface area contributed by atoms with Crippen molar-refractivity contribution in [2.75, 3.05) is 0 Å². The normalized spacial score (nSPS) is 16.3. The molecule has 92 valence electrons. The van der Waals surface area contributed by atoms with Gasteiger partial charge in [-0.3, -0.25) is 4.79 Å². The van der Waals surface area contributed by atoms with Gasteiger partial charge in [-0.15, -0.1) is 0 Å². The maximum Gasteiger partial charge on any atom is 0.492 e. The zero-order valence-corrected chi connectivity index (χ0v) is 10.6. The molecule has 1 fully saturated rings. The molecule has 0 unspecified atom stereocenters. The molecular weight excluding hydrogens is 292 g/mol. The van der Waals surface area contributed by atoms with Gasteiger partial charge in [0.1, 0.15) is 6.54 Å². The second-order valence-corrected chi connectivity index (χ2v) is 4.75. The van der Waals surface area contributed by atoms with Crippen LogP contribution in [0.4, 0.5) is 5.95 Å². The lowest BCUT2D eigenvalue weighted by Crippen LogP contribution is -2.18. The zero-order chi connectivity index (χ0) is 12.4. The van der Waals surface area contributed by atoms with Gasteiger partial charge in [-0.25, -0.2) is 0 Å². The summed E-state index contributed by atoms with van der Waals surface area (Å²) in [5, 5.41) is 14.1. The van der Waals surface area contributed by atoms with Gasteiger partial charge in [0.2, 0.25) is 0 Å². The summed E-state index contributed by atoms with van der Waals surface area (Å²) >= 11 is 3.06. The number of nitro groups is 1. The number of ketones is 1. The summed E-state index contributed by atoms with van der Waals surface area (Å²) in [5.41, 5.74) is 0. The van der Waals surface area contributed by atoms with Crippen LogP contribution in [0.15, 0.2) is 4.73 Å². The smallest absolute Gasteiger partial charge is 0.390 e. The highest BCUT2D eigenvalue weighted by atomic mass is 79.9. The predicted octanol–water partition coefficient (Wildman–Crippen LogP) is 1.71. The molecule has 0 bridgehead atoms. The molecule has 0 atom stereocenters. The van der Waals surface area contributed by atoms with Crippen LogP contribution < -0.4 is 0 Å². The van der Waals surface area contributed by atoms with Crippen molar-refractivity contribution in [1.82, 2.24) is 14.8 Å². The van der Waals surface area contributed by atoms with Crippen LogP contribution in [0.3, 0.4) is 0 Å². The second-order valence-electron chi connectivity index (χ2n) is 4.04. The highest BCUT2D eigenvalue weighted by molar-refractivity contribution is 9.10. The van der Waals surface area contributed by atoms with E-state index in [1.165, 1.54) is 4.68 Å². The number of carbonyl (C=O) groups excluding carboxylic acids is 1. The van der Waals surface area contributed by atoms with Gasteiger partial charge in [0.05, 0.1) is 0 Å². The van der Waals surface area contributed by atoms with Crippen LogP contribution in [0, 0.1) is 16.0 Å². The molecule has 0 radical (unpaired) electrons. The van der Waals surface area contributed by atoms with E-state index >= 15 is 0 Å². The van der Waals surface area contributed by atoms with Crippen molar-refractivity contribution in [1.29, 1.82) is 0 Å². The third-order valence-corrected chi connectivity index (χ3v) is 3.48. The van der Waals surface area contributed by atoms with Crippen molar-refractivity contribution in [2.45, 2.75) is 32.2 Å². The molecule has 1 aromatic heterocycles. The highest BCUT2D eigenvalue weighted by Gasteiger charge is 2.26. The van der Waals surface area contributed by atoms with E-state index in [1.807, 2.05) is 0 Å². The highest BCUT2D eigenvalue weighted by Crippen LogP contribution is 2.26. The number of Topliss-reactive ketones (excluding diaryl/α,β-unsaturated/α-hetero) is 1. The summed E-state index contributed by atoms with van der Waals surface area (Å²) in [4.78, 5) is 25.3. The maximum absolute atomic E-state index is 11.9. The SMILES string of the molecule is O=C(Cn1nc([N+](=O)[O-])nc1Br)C1CCCC1. The number of rotatable bonds is 4. The lowest BCUT2D eigenvalue weighted by atomic mass is 10.0. The van der Waals surface area contributed by atoms with Gasteiger partial charge in [0.25, 0.3) is 4.73 Å². The number of hydrogen-bond acceptors (Lipinski definition) is 5. The first-order valence-electron chi connectivity index (χ1n) is 5.35. The molecule has 0 spiro atoms. The molecule has 1 aliphatic rings. The van der Waals surface area contributed by atoms with Crippen molar-refractivity contribution in [2.24, 2.45) is 5.92 Å². The molecule has 1 saturated carbocycles. The topological polar surface area (TPSA) is 90.9 Å². The molecule has 0 amide bonds. The molecule has 2 rings (SSSR count). The van der Waals surface area contributed by atoms with Crippen LogP contribution in [0.5, 0.6) is 0 Å². The summed E-state index contributed by atoms with van der Waals surface area (Å²) in [5.74, 6) is -0.343. The summed E-state index contributed by atoms with van der Waals surface area (Å²) in [7, 11) is 0. The molecule has 1 heterocycles. The average Bonchev–Trinajstić information content (AvgIpc) is 2.88. The second kappa shape index (κ2) is 4.91. The minimum atomic E-state index is -0.679. The van der Waals surface area contributed by atoms with Crippen LogP contribution in [0.2, 0.25) is 0 Å². The standard InChI is InChI=1S/C9H11BrN4O3/c10-8-11-9(14(16)17)12-13(8)5-7(15)6-3-1-2-4-6/h6H,1-5H2. The summed E-state index contributed by atoms with van der Waals surface area (Å²) in [6.45, 7) is 0.0477.